The molecule has 0 bridgehead atoms. The first-order valence-corrected chi connectivity index (χ1v) is 14.1. The molecule has 0 heterocycles. The Morgan fingerprint density at radius 2 is 1.40 bits per heavy atom. The van der Waals surface area contributed by atoms with E-state index in [0.717, 1.165) is 35.2 Å². The van der Waals surface area contributed by atoms with Crippen LogP contribution in [0, 0.1) is 5.92 Å². The van der Waals surface area contributed by atoms with E-state index in [1.807, 2.05) is 26.0 Å². The summed E-state index contributed by atoms with van der Waals surface area (Å²) in [5.74, 6) is 0.787. The summed E-state index contributed by atoms with van der Waals surface area (Å²) >= 11 is 7.28. The van der Waals surface area contributed by atoms with E-state index >= 15 is 0 Å². The summed E-state index contributed by atoms with van der Waals surface area (Å²) in [7, 11) is 0. The Labute approximate surface area is 220 Å². The van der Waals surface area contributed by atoms with E-state index in [0.29, 0.717) is 17.9 Å². The number of carbonyl (C=O) groups is 2. The van der Waals surface area contributed by atoms with E-state index in [1.165, 1.54) is 44.9 Å². The van der Waals surface area contributed by atoms with Gasteiger partial charge < -0.3 is 9.47 Å². The van der Waals surface area contributed by atoms with Crippen LogP contribution >= 0.6 is 23.4 Å². The van der Waals surface area contributed by atoms with Gasteiger partial charge in [0.1, 0.15) is 16.9 Å². The van der Waals surface area contributed by atoms with Crippen molar-refractivity contribution < 1.29 is 19.1 Å². The van der Waals surface area contributed by atoms with Gasteiger partial charge in [0.2, 0.25) is 5.12 Å². The lowest BCUT2D eigenvalue weighted by Crippen LogP contribution is -2.26. The molecule has 2 aromatic carbocycles. The molecule has 0 aliphatic rings. The van der Waals surface area contributed by atoms with Gasteiger partial charge in [0.05, 0.1) is 6.61 Å². The molecule has 0 aromatic heterocycles. The van der Waals surface area contributed by atoms with Crippen LogP contribution in [0.25, 0.3) is 0 Å². The highest BCUT2D eigenvalue weighted by atomic mass is 35.5. The lowest BCUT2D eigenvalue weighted by Gasteiger charge is -2.14. The zero-order chi connectivity index (χ0) is 25.5. The number of halogens is 1. The fraction of sp³-hybridized carbons (Fsp3) is 0.517. The number of alkyl halides is 1. The predicted molar refractivity (Wildman–Crippen MR) is 146 cm³/mol. The first kappa shape index (κ1) is 29.3. The van der Waals surface area contributed by atoms with Crippen molar-refractivity contribution in [1.82, 2.24) is 0 Å². The molecule has 192 valence electrons. The fourth-order valence-electron chi connectivity index (χ4n) is 3.47. The van der Waals surface area contributed by atoms with Crippen LogP contribution in [0.1, 0.15) is 88.9 Å². The second kappa shape index (κ2) is 16.6. The molecule has 0 aliphatic heterocycles. The van der Waals surface area contributed by atoms with Gasteiger partial charge in [-0.15, -0.1) is 11.6 Å². The van der Waals surface area contributed by atoms with Gasteiger partial charge in [-0.3, -0.25) is 9.59 Å². The van der Waals surface area contributed by atoms with Crippen LogP contribution in [0.5, 0.6) is 11.5 Å². The van der Waals surface area contributed by atoms with Gasteiger partial charge in [0.15, 0.2) is 0 Å². The molecule has 2 rings (SSSR count). The normalized spacial score (nSPS) is 12.7. The van der Waals surface area contributed by atoms with E-state index < -0.39 is 11.3 Å². The highest BCUT2D eigenvalue weighted by Gasteiger charge is 2.23. The number of unbranched alkanes of at least 4 members (excludes halogenated alkanes) is 7. The molecule has 0 N–H and O–H groups in total. The topological polar surface area (TPSA) is 52.6 Å². The molecule has 2 atom stereocenters. The Bertz CT molecular complexity index is 883. The quantitative estimate of drug-likeness (QED) is 0.0731. The Hall–Kier alpha value is -1.98. The molecule has 2 unspecified atom stereocenters. The van der Waals surface area contributed by atoms with Crippen molar-refractivity contribution in [1.29, 1.82) is 0 Å². The maximum Gasteiger partial charge on any atom is 0.329 e. The summed E-state index contributed by atoms with van der Waals surface area (Å²) < 4.78 is 11.2. The maximum absolute atomic E-state index is 12.6. The minimum Gasteiger partial charge on any atom is -0.494 e. The Kier molecular flexibility index (Phi) is 13.9. The number of hydrogen-bond acceptors (Lipinski definition) is 5. The van der Waals surface area contributed by atoms with Crippen molar-refractivity contribution in [3.8, 4) is 11.5 Å². The molecule has 4 nitrogen and oxygen atoms in total. The summed E-state index contributed by atoms with van der Waals surface area (Å²) in [6, 6.07) is 14.2. The van der Waals surface area contributed by atoms with Gasteiger partial charge >= 0.3 is 5.97 Å². The molecule has 0 spiro atoms. The molecule has 0 fully saturated rings. The standard InChI is InChI=1S/C29H39ClO4S/c1-4-6-7-8-9-10-11-12-21-33-24-15-13-23(14-16-24)29(32)35-26-19-17-25(18-20-26)34-28(31)27(30)22(3)5-2/h13-20,22,27H,4-12,21H2,1-3H3. The number of esters is 1. The molecule has 0 saturated carbocycles. The summed E-state index contributed by atoms with van der Waals surface area (Å²) in [4.78, 5) is 25.5. The SMILES string of the molecule is CCCCCCCCCCOc1ccc(C(=O)Sc2ccc(OC(=O)C(Cl)C(C)CC)cc2)cc1. The molecule has 6 heteroatoms. The predicted octanol–water partition coefficient (Wildman–Crippen LogP) is 8.70. The average molecular weight is 519 g/mol. The van der Waals surface area contributed by atoms with E-state index in [2.05, 4.69) is 6.92 Å². The van der Waals surface area contributed by atoms with Gasteiger partial charge in [-0.1, -0.05) is 72.1 Å². The van der Waals surface area contributed by atoms with Crippen LogP contribution in [0.15, 0.2) is 53.4 Å². The number of rotatable bonds is 16. The first-order valence-electron chi connectivity index (χ1n) is 12.9. The van der Waals surface area contributed by atoms with Crippen molar-refractivity contribution in [3.63, 3.8) is 0 Å². The van der Waals surface area contributed by atoms with Crippen LogP contribution < -0.4 is 9.47 Å². The molecule has 35 heavy (non-hydrogen) atoms. The minimum atomic E-state index is -0.678. The highest BCUT2D eigenvalue weighted by molar-refractivity contribution is 8.14. The van der Waals surface area contributed by atoms with Crippen molar-refractivity contribution in [3.05, 3.63) is 54.1 Å². The van der Waals surface area contributed by atoms with Gasteiger partial charge in [0.25, 0.3) is 0 Å². The average Bonchev–Trinajstić information content (AvgIpc) is 2.88. The van der Waals surface area contributed by atoms with E-state index in [9.17, 15) is 9.59 Å². The third kappa shape index (κ3) is 11.1. The number of thioether (sulfide) groups is 1. The van der Waals surface area contributed by atoms with E-state index in [4.69, 9.17) is 21.1 Å². The third-order valence-corrected chi connectivity index (χ3v) is 7.52. The summed E-state index contributed by atoms with van der Waals surface area (Å²) in [6.45, 7) is 6.84. The van der Waals surface area contributed by atoms with Crippen LogP contribution in [-0.4, -0.2) is 23.1 Å². The Morgan fingerprint density at radius 1 is 0.829 bits per heavy atom. The second-order valence-corrected chi connectivity index (χ2v) is 10.4. The smallest absolute Gasteiger partial charge is 0.329 e. The Balaban J connectivity index is 1.72. The van der Waals surface area contributed by atoms with Gasteiger partial charge in [0, 0.05) is 10.5 Å². The zero-order valence-electron chi connectivity index (χ0n) is 21.3. The minimum absolute atomic E-state index is 0.0403. The molecule has 0 aliphatic carbocycles. The lowest BCUT2D eigenvalue weighted by atomic mass is 10.1. The van der Waals surface area contributed by atoms with Crippen LogP contribution in [0.2, 0.25) is 0 Å². The van der Waals surface area contributed by atoms with Gasteiger partial charge in [-0.05, 0) is 72.6 Å². The summed E-state index contributed by atoms with van der Waals surface area (Å²) in [6.07, 6.45) is 11.0. The summed E-state index contributed by atoms with van der Waals surface area (Å²) in [5.41, 5.74) is 0.614. The number of hydrogen-bond donors (Lipinski definition) is 0. The monoisotopic (exact) mass is 518 g/mol. The van der Waals surface area contributed by atoms with E-state index in [1.54, 1.807) is 36.4 Å². The summed E-state index contributed by atoms with van der Waals surface area (Å²) in [5, 5.41) is -0.732. The number of carbonyl (C=O) groups excluding carboxylic acids is 2. The Morgan fingerprint density at radius 3 is 2.00 bits per heavy atom. The fourth-order valence-corrected chi connectivity index (χ4v) is 4.43. The highest BCUT2D eigenvalue weighted by Crippen LogP contribution is 2.27. The number of benzene rings is 2. The van der Waals surface area contributed by atoms with E-state index in [-0.39, 0.29) is 11.0 Å². The largest absolute Gasteiger partial charge is 0.494 e. The zero-order valence-corrected chi connectivity index (χ0v) is 22.8. The van der Waals surface area contributed by atoms with Crippen molar-refractivity contribution in [2.45, 2.75) is 88.8 Å². The third-order valence-electron chi connectivity index (χ3n) is 5.98. The van der Waals surface area contributed by atoms with Crippen molar-refractivity contribution >= 4 is 34.4 Å². The van der Waals surface area contributed by atoms with Gasteiger partial charge in [-0.2, -0.15) is 0 Å². The molecule has 0 saturated heterocycles. The molecule has 2 aromatic rings. The number of ether oxygens (including phenoxy) is 2. The molecule has 0 amide bonds. The van der Waals surface area contributed by atoms with Crippen LogP contribution in [-0.2, 0) is 4.79 Å². The molecule has 0 radical (unpaired) electrons. The van der Waals surface area contributed by atoms with Crippen molar-refractivity contribution in [2.75, 3.05) is 6.61 Å². The first-order chi connectivity index (χ1) is 16.9. The molecular weight excluding hydrogens is 480 g/mol. The maximum atomic E-state index is 12.6. The molecular formula is C29H39ClO4S. The van der Waals surface area contributed by atoms with Crippen LogP contribution in [0.3, 0.4) is 0 Å². The van der Waals surface area contributed by atoms with Gasteiger partial charge in [-0.25, -0.2) is 0 Å². The van der Waals surface area contributed by atoms with Crippen molar-refractivity contribution in [2.24, 2.45) is 5.92 Å². The lowest BCUT2D eigenvalue weighted by molar-refractivity contribution is -0.134. The van der Waals surface area contributed by atoms with Crippen LogP contribution in [0.4, 0.5) is 0 Å². The second-order valence-electron chi connectivity index (χ2n) is 8.92.